The molecule has 0 radical (unpaired) electrons. The van der Waals surface area contributed by atoms with Gasteiger partial charge in [0, 0.05) is 45.4 Å². The largest absolute Gasteiger partial charge is 0.508 e. The summed E-state index contributed by atoms with van der Waals surface area (Å²) in [5.41, 5.74) is 5.98. The zero-order valence-electron chi connectivity index (χ0n) is 13.7. The Morgan fingerprint density at radius 1 is 1.25 bits per heavy atom. The van der Waals surface area contributed by atoms with Gasteiger partial charge in [0.15, 0.2) is 0 Å². The van der Waals surface area contributed by atoms with E-state index >= 15 is 0 Å². The number of methoxy groups -OCH3 is 1. The van der Waals surface area contributed by atoms with Crippen LogP contribution < -0.4 is 5.73 Å². The molecule has 1 fully saturated rings. The van der Waals surface area contributed by atoms with Gasteiger partial charge in [-0.3, -0.25) is 9.59 Å². The first-order chi connectivity index (χ1) is 11.0. The molecule has 0 bridgehead atoms. The van der Waals surface area contributed by atoms with Gasteiger partial charge in [-0.25, -0.2) is 0 Å². The van der Waals surface area contributed by atoms with Crippen LogP contribution in [0, 0.1) is 0 Å². The van der Waals surface area contributed by atoms with E-state index in [1.165, 1.54) is 19.2 Å². The smallest absolute Gasteiger partial charge is 0.254 e. The van der Waals surface area contributed by atoms with Gasteiger partial charge in [-0.1, -0.05) is 6.07 Å². The fraction of sp³-hybridized carbons (Fsp3) is 0.500. The molecule has 3 N–H and O–H groups in total. The van der Waals surface area contributed by atoms with Gasteiger partial charge in [-0.15, -0.1) is 12.4 Å². The van der Waals surface area contributed by atoms with Crippen molar-refractivity contribution in [2.45, 2.75) is 12.5 Å². The molecular weight excluding hydrogens is 334 g/mol. The maximum atomic E-state index is 12.4. The molecule has 134 valence electrons. The Morgan fingerprint density at radius 2 is 1.88 bits per heavy atom. The third kappa shape index (κ3) is 5.09. The van der Waals surface area contributed by atoms with Crippen molar-refractivity contribution in [2.24, 2.45) is 5.73 Å². The SMILES string of the molecule is COC(CN)CC(=O)N1CCN(C(=O)c2cccc(O)c2)CC1.Cl. The second-order valence-corrected chi connectivity index (χ2v) is 5.52. The minimum absolute atomic E-state index is 0. The van der Waals surface area contributed by atoms with Crippen LogP contribution in [-0.4, -0.2) is 72.7 Å². The molecular formula is C16H24ClN3O4. The number of hydrogen-bond acceptors (Lipinski definition) is 5. The lowest BCUT2D eigenvalue weighted by atomic mass is 10.1. The van der Waals surface area contributed by atoms with Crippen LogP contribution in [0.1, 0.15) is 16.8 Å². The fourth-order valence-corrected chi connectivity index (χ4v) is 2.57. The predicted octanol–water partition coefficient (Wildman–Crippen LogP) is 0.462. The van der Waals surface area contributed by atoms with Gasteiger partial charge in [0.1, 0.15) is 5.75 Å². The Morgan fingerprint density at radius 3 is 2.42 bits per heavy atom. The van der Waals surface area contributed by atoms with Crippen molar-refractivity contribution >= 4 is 24.2 Å². The normalized spacial score (nSPS) is 15.6. The second kappa shape index (κ2) is 9.46. The highest BCUT2D eigenvalue weighted by molar-refractivity contribution is 5.94. The number of aromatic hydroxyl groups is 1. The highest BCUT2D eigenvalue weighted by Crippen LogP contribution is 2.15. The highest BCUT2D eigenvalue weighted by Gasteiger charge is 2.26. The number of amides is 2. The lowest BCUT2D eigenvalue weighted by Crippen LogP contribution is -2.51. The first-order valence-corrected chi connectivity index (χ1v) is 7.64. The van der Waals surface area contributed by atoms with Crippen LogP contribution >= 0.6 is 12.4 Å². The summed E-state index contributed by atoms with van der Waals surface area (Å²) in [5, 5.41) is 9.46. The monoisotopic (exact) mass is 357 g/mol. The number of carbonyl (C=O) groups is 2. The van der Waals surface area contributed by atoms with Crippen molar-refractivity contribution in [1.29, 1.82) is 0 Å². The van der Waals surface area contributed by atoms with Crippen molar-refractivity contribution in [1.82, 2.24) is 9.80 Å². The Hall–Kier alpha value is -1.83. The van der Waals surface area contributed by atoms with Crippen LogP contribution in [0.3, 0.4) is 0 Å². The molecule has 1 aromatic carbocycles. The summed E-state index contributed by atoms with van der Waals surface area (Å²) in [5.74, 6) is -0.0754. The number of phenolic OH excluding ortho intramolecular Hbond substituents is 1. The van der Waals surface area contributed by atoms with Crippen LogP contribution in [0.5, 0.6) is 5.75 Å². The predicted molar refractivity (Wildman–Crippen MR) is 92.3 cm³/mol. The van der Waals surface area contributed by atoms with E-state index in [-0.39, 0.29) is 42.5 Å². The van der Waals surface area contributed by atoms with Crippen molar-refractivity contribution < 1.29 is 19.4 Å². The van der Waals surface area contributed by atoms with E-state index in [9.17, 15) is 14.7 Å². The number of nitrogens with two attached hydrogens (primary N) is 1. The standard InChI is InChI=1S/C16H23N3O4.ClH/c1-23-14(11-17)10-15(21)18-5-7-19(8-6-18)16(22)12-3-2-4-13(20)9-12;/h2-4,9,14,20H,5-8,10-11,17H2,1H3;1H. The lowest BCUT2D eigenvalue weighted by molar-refractivity contribution is -0.135. The van der Waals surface area contributed by atoms with Gasteiger partial charge in [0.25, 0.3) is 5.91 Å². The minimum atomic E-state index is -0.269. The van der Waals surface area contributed by atoms with Crippen LogP contribution in [0.25, 0.3) is 0 Å². The molecule has 0 aliphatic carbocycles. The number of ether oxygens (including phenoxy) is 1. The van der Waals surface area contributed by atoms with Gasteiger partial charge in [-0.2, -0.15) is 0 Å². The maximum absolute atomic E-state index is 12.4. The minimum Gasteiger partial charge on any atom is -0.508 e. The molecule has 1 aromatic rings. The number of carbonyl (C=O) groups excluding carboxylic acids is 2. The average molecular weight is 358 g/mol. The number of hydrogen-bond donors (Lipinski definition) is 2. The Balaban J connectivity index is 0.00000288. The molecule has 7 nitrogen and oxygen atoms in total. The van der Waals surface area contributed by atoms with Gasteiger partial charge in [-0.05, 0) is 18.2 Å². The maximum Gasteiger partial charge on any atom is 0.254 e. The fourth-order valence-electron chi connectivity index (χ4n) is 2.57. The second-order valence-electron chi connectivity index (χ2n) is 5.52. The first-order valence-electron chi connectivity index (χ1n) is 7.64. The van der Waals surface area contributed by atoms with Crippen LogP contribution in [-0.2, 0) is 9.53 Å². The number of halogens is 1. The third-order valence-electron chi connectivity index (χ3n) is 4.01. The van der Waals surface area contributed by atoms with E-state index in [1.54, 1.807) is 21.9 Å². The van der Waals surface area contributed by atoms with Gasteiger partial charge >= 0.3 is 0 Å². The number of nitrogens with zero attached hydrogens (tertiary/aromatic N) is 2. The van der Waals surface area contributed by atoms with Crippen LogP contribution in [0.15, 0.2) is 24.3 Å². The Kier molecular flexibility index (Phi) is 7.97. The van der Waals surface area contributed by atoms with E-state index < -0.39 is 0 Å². The molecule has 1 heterocycles. The van der Waals surface area contributed by atoms with E-state index in [0.717, 1.165) is 0 Å². The van der Waals surface area contributed by atoms with E-state index in [2.05, 4.69) is 0 Å². The third-order valence-corrected chi connectivity index (χ3v) is 4.01. The number of phenols is 1. The summed E-state index contributed by atoms with van der Waals surface area (Å²) in [4.78, 5) is 28.0. The van der Waals surface area contributed by atoms with Crippen molar-refractivity contribution in [3.63, 3.8) is 0 Å². The lowest BCUT2D eigenvalue weighted by Gasteiger charge is -2.35. The molecule has 2 rings (SSSR count). The van der Waals surface area contributed by atoms with E-state index in [1.807, 2.05) is 0 Å². The molecule has 1 aliphatic heterocycles. The van der Waals surface area contributed by atoms with Gasteiger partial charge in [0.05, 0.1) is 12.5 Å². The first kappa shape index (κ1) is 20.2. The summed E-state index contributed by atoms with van der Waals surface area (Å²) >= 11 is 0. The number of rotatable bonds is 5. The van der Waals surface area contributed by atoms with Crippen LogP contribution in [0.2, 0.25) is 0 Å². The molecule has 0 aromatic heterocycles. The number of piperazine rings is 1. The molecule has 1 aliphatic rings. The van der Waals surface area contributed by atoms with Crippen molar-refractivity contribution in [3.8, 4) is 5.75 Å². The molecule has 1 atom stereocenters. The summed E-state index contributed by atoms with van der Waals surface area (Å²) in [6.45, 7) is 2.23. The molecule has 1 saturated heterocycles. The summed E-state index contributed by atoms with van der Waals surface area (Å²) < 4.78 is 5.13. The van der Waals surface area contributed by atoms with Crippen LogP contribution in [0.4, 0.5) is 0 Å². The molecule has 2 amide bonds. The van der Waals surface area contributed by atoms with E-state index in [0.29, 0.717) is 38.3 Å². The molecule has 24 heavy (non-hydrogen) atoms. The molecule has 1 unspecified atom stereocenters. The zero-order valence-corrected chi connectivity index (χ0v) is 14.5. The number of benzene rings is 1. The van der Waals surface area contributed by atoms with E-state index in [4.69, 9.17) is 10.5 Å². The summed E-state index contributed by atoms with van der Waals surface area (Å²) in [7, 11) is 1.54. The molecule has 8 heteroatoms. The quantitative estimate of drug-likeness (QED) is 0.798. The highest BCUT2D eigenvalue weighted by atomic mass is 35.5. The summed E-state index contributed by atoms with van der Waals surface area (Å²) in [6.07, 6.45) is -0.0116. The Bertz CT molecular complexity index is 558. The Labute approximate surface area is 147 Å². The van der Waals surface area contributed by atoms with Crippen molar-refractivity contribution in [3.05, 3.63) is 29.8 Å². The average Bonchev–Trinajstić information content (AvgIpc) is 2.59. The summed E-state index contributed by atoms with van der Waals surface area (Å²) in [6, 6.07) is 6.28. The van der Waals surface area contributed by atoms with Gasteiger partial charge in [0.2, 0.25) is 5.91 Å². The van der Waals surface area contributed by atoms with Gasteiger partial charge < -0.3 is 25.4 Å². The zero-order chi connectivity index (χ0) is 16.8. The van der Waals surface area contributed by atoms with Crippen molar-refractivity contribution in [2.75, 3.05) is 39.8 Å². The molecule has 0 spiro atoms. The topological polar surface area (TPSA) is 96.1 Å². The molecule has 0 saturated carbocycles.